The molecule has 0 saturated carbocycles. The third-order valence-corrected chi connectivity index (χ3v) is 6.52. The first-order valence-electron chi connectivity index (χ1n) is 6.70. The van der Waals surface area contributed by atoms with E-state index in [0.29, 0.717) is 10.4 Å². The average molecular weight is 431 g/mol. The second-order valence-electron chi connectivity index (χ2n) is 5.14. The number of hydrogen-bond donors (Lipinski definition) is 1. The standard InChI is InChI=1S/C13H11BrN4O4S2/c1-6(2)24(20,21)13-17-23-12-16-11(19)8(10(15)18(12)13)5-7-3-4-9(14)22-7/h3-6,15H,1-2H3/b8-5-,15-10?. The summed E-state index contributed by atoms with van der Waals surface area (Å²) < 4.78 is 34.5. The summed E-state index contributed by atoms with van der Waals surface area (Å²) in [6, 6.07) is 3.25. The smallest absolute Gasteiger partial charge is 0.283 e. The van der Waals surface area contributed by atoms with Crippen LogP contribution in [-0.2, 0) is 14.6 Å². The lowest BCUT2D eigenvalue weighted by atomic mass is 10.1. The highest BCUT2D eigenvalue weighted by Gasteiger charge is 2.43. The van der Waals surface area contributed by atoms with Crippen LogP contribution in [0.5, 0.6) is 0 Å². The third kappa shape index (κ3) is 2.76. The zero-order chi connectivity index (χ0) is 17.6. The molecule has 3 rings (SSSR count). The molecule has 0 bridgehead atoms. The van der Waals surface area contributed by atoms with Crippen molar-refractivity contribution in [1.82, 2.24) is 4.90 Å². The number of hydrogen-bond acceptors (Lipinski definition) is 7. The van der Waals surface area contributed by atoms with Crippen molar-refractivity contribution < 1.29 is 17.6 Å². The summed E-state index contributed by atoms with van der Waals surface area (Å²) in [5.41, 5.74) is -0.0743. The number of amides is 1. The molecule has 11 heteroatoms. The fourth-order valence-electron chi connectivity index (χ4n) is 1.94. The summed E-state index contributed by atoms with van der Waals surface area (Å²) in [6.45, 7) is 3.04. The van der Waals surface area contributed by atoms with Gasteiger partial charge in [0.1, 0.15) is 11.6 Å². The number of carbonyl (C=O) groups is 1. The number of aliphatic imine (C=N–C) groups is 1. The minimum atomic E-state index is -3.73. The Balaban J connectivity index is 2.05. The van der Waals surface area contributed by atoms with Crippen LogP contribution >= 0.6 is 27.9 Å². The molecular weight excluding hydrogens is 420 g/mol. The summed E-state index contributed by atoms with van der Waals surface area (Å²) in [6.07, 6.45) is 1.35. The Morgan fingerprint density at radius 3 is 2.71 bits per heavy atom. The normalized spacial score (nSPS) is 19.8. The summed E-state index contributed by atoms with van der Waals surface area (Å²) in [7, 11) is -3.73. The van der Waals surface area contributed by atoms with Gasteiger partial charge in [0, 0.05) is 0 Å². The van der Waals surface area contributed by atoms with Crippen molar-refractivity contribution in [2.24, 2.45) is 9.39 Å². The molecule has 8 nitrogen and oxygen atoms in total. The van der Waals surface area contributed by atoms with Gasteiger partial charge in [0.25, 0.3) is 5.91 Å². The van der Waals surface area contributed by atoms with Gasteiger partial charge in [-0.15, -0.1) is 0 Å². The van der Waals surface area contributed by atoms with Gasteiger partial charge in [0.2, 0.25) is 20.2 Å². The van der Waals surface area contributed by atoms with E-state index in [1.54, 1.807) is 12.1 Å². The molecular formula is C13H11BrN4O4S2. The Hall–Kier alpha value is -1.72. The van der Waals surface area contributed by atoms with Crippen LogP contribution in [0.3, 0.4) is 0 Å². The number of furan rings is 1. The molecule has 0 radical (unpaired) electrons. The molecule has 24 heavy (non-hydrogen) atoms. The van der Waals surface area contributed by atoms with Gasteiger partial charge in [0.15, 0.2) is 4.67 Å². The van der Waals surface area contributed by atoms with Gasteiger partial charge in [-0.3, -0.25) is 10.2 Å². The molecule has 0 fully saturated rings. The number of carbonyl (C=O) groups excluding carboxylic acids is 1. The fourth-order valence-corrected chi connectivity index (χ4v) is 4.32. The minimum Gasteiger partial charge on any atom is -0.450 e. The van der Waals surface area contributed by atoms with Crippen LogP contribution in [0.4, 0.5) is 0 Å². The molecule has 0 spiro atoms. The zero-order valence-corrected chi connectivity index (χ0v) is 15.7. The van der Waals surface area contributed by atoms with Gasteiger partial charge in [-0.05, 0) is 48.0 Å². The number of fused-ring (bicyclic) bond motifs is 1. The highest BCUT2D eigenvalue weighted by atomic mass is 79.9. The third-order valence-electron chi connectivity index (χ3n) is 3.25. The van der Waals surface area contributed by atoms with E-state index in [0.717, 1.165) is 16.8 Å². The number of nitrogens with one attached hydrogen (secondary N) is 1. The largest absolute Gasteiger partial charge is 0.450 e. The van der Waals surface area contributed by atoms with Gasteiger partial charge in [0.05, 0.1) is 22.8 Å². The second-order valence-corrected chi connectivity index (χ2v) is 9.05. The van der Waals surface area contributed by atoms with Gasteiger partial charge < -0.3 is 4.42 Å². The van der Waals surface area contributed by atoms with Crippen LogP contribution in [-0.4, -0.2) is 40.6 Å². The molecule has 3 heterocycles. The molecule has 1 aromatic rings. The van der Waals surface area contributed by atoms with E-state index in [4.69, 9.17) is 9.83 Å². The Morgan fingerprint density at radius 1 is 1.42 bits per heavy atom. The van der Waals surface area contributed by atoms with Crippen LogP contribution < -0.4 is 0 Å². The van der Waals surface area contributed by atoms with E-state index in [1.807, 2.05) is 0 Å². The summed E-state index contributed by atoms with van der Waals surface area (Å²) in [4.78, 5) is 17.1. The highest BCUT2D eigenvalue weighted by molar-refractivity contribution is 9.10. The van der Waals surface area contributed by atoms with Crippen LogP contribution in [0, 0.1) is 5.41 Å². The van der Waals surface area contributed by atoms with Crippen molar-refractivity contribution in [3.8, 4) is 0 Å². The number of amidine groups is 3. The highest BCUT2D eigenvalue weighted by Crippen LogP contribution is 2.31. The lowest BCUT2D eigenvalue weighted by Crippen LogP contribution is -2.46. The summed E-state index contributed by atoms with van der Waals surface area (Å²) >= 11 is 3.91. The molecule has 0 saturated heterocycles. The topological polar surface area (TPSA) is 116 Å². The Labute approximate surface area is 150 Å². The Morgan fingerprint density at radius 2 is 2.12 bits per heavy atom. The summed E-state index contributed by atoms with van der Waals surface area (Å²) in [5, 5.41) is 7.31. The lowest BCUT2D eigenvalue weighted by molar-refractivity contribution is -0.114. The summed E-state index contributed by atoms with van der Waals surface area (Å²) in [5.74, 6) is -0.610. The molecule has 126 valence electrons. The average Bonchev–Trinajstić information content (AvgIpc) is 3.09. The van der Waals surface area contributed by atoms with E-state index in [-0.39, 0.29) is 21.7 Å². The first-order chi connectivity index (χ1) is 11.2. The quantitative estimate of drug-likeness (QED) is 0.568. The molecule has 2 aliphatic rings. The molecule has 1 amide bonds. The Bertz CT molecular complexity index is 943. The maximum atomic E-state index is 12.4. The minimum absolute atomic E-state index is 0.0574. The van der Waals surface area contributed by atoms with E-state index in [2.05, 4.69) is 25.3 Å². The van der Waals surface area contributed by atoms with E-state index >= 15 is 0 Å². The molecule has 1 aromatic heterocycles. The molecule has 0 aromatic carbocycles. The first-order valence-corrected chi connectivity index (χ1v) is 9.81. The predicted octanol–water partition coefficient (Wildman–Crippen LogP) is 2.44. The van der Waals surface area contributed by atoms with Crippen LogP contribution in [0.25, 0.3) is 6.08 Å². The maximum absolute atomic E-state index is 12.4. The molecule has 0 aliphatic carbocycles. The monoisotopic (exact) mass is 430 g/mol. The fraction of sp³-hybridized carbons (Fsp3) is 0.231. The van der Waals surface area contributed by atoms with Crippen LogP contribution in [0.2, 0.25) is 0 Å². The van der Waals surface area contributed by atoms with E-state index in [9.17, 15) is 13.2 Å². The predicted molar refractivity (Wildman–Crippen MR) is 95.5 cm³/mol. The molecule has 0 unspecified atom stereocenters. The number of rotatable bonds is 2. The number of halogens is 1. The molecule has 2 aliphatic heterocycles. The van der Waals surface area contributed by atoms with Crippen molar-refractivity contribution in [1.29, 1.82) is 5.41 Å². The van der Waals surface area contributed by atoms with E-state index in [1.165, 1.54) is 19.9 Å². The first kappa shape index (κ1) is 17.1. The van der Waals surface area contributed by atoms with E-state index < -0.39 is 21.0 Å². The zero-order valence-electron chi connectivity index (χ0n) is 12.5. The van der Waals surface area contributed by atoms with Crippen LogP contribution in [0.1, 0.15) is 19.6 Å². The van der Waals surface area contributed by atoms with Crippen molar-refractivity contribution in [3.63, 3.8) is 0 Å². The van der Waals surface area contributed by atoms with Crippen molar-refractivity contribution in [2.75, 3.05) is 0 Å². The second kappa shape index (κ2) is 5.97. The SMILES string of the molecule is CC(C)S(=O)(=O)C1=NSC2=NC(=O)/C(=C\c3ccc(Br)o3)C(=N)N21. The molecule has 0 atom stereocenters. The number of nitrogens with zero attached hydrogens (tertiary/aromatic N) is 3. The maximum Gasteiger partial charge on any atom is 0.283 e. The van der Waals surface area contributed by atoms with Gasteiger partial charge >= 0.3 is 0 Å². The lowest BCUT2D eigenvalue weighted by Gasteiger charge is -2.25. The van der Waals surface area contributed by atoms with Crippen LogP contribution in [0.15, 0.2) is 36.2 Å². The van der Waals surface area contributed by atoms with Gasteiger partial charge in [-0.25, -0.2) is 13.3 Å². The number of sulfone groups is 1. The van der Waals surface area contributed by atoms with Crippen molar-refractivity contribution >= 4 is 65.9 Å². The van der Waals surface area contributed by atoms with Gasteiger partial charge in [-0.1, -0.05) is 0 Å². The van der Waals surface area contributed by atoms with Crippen molar-refractivity contribution in [3.05, 3.63) is 28.1 Å². The Kier molecular flexibility index (Phi) is 4.26. The van der Waals surface area contributed by atoms with Crippen molar-refractivity contribution in [2.45, 2.75) is 19.1 Å². The molecule has 1 N–H and O–H groups in total. The van der Waals surface area contributed by atoms with Gasteiger partial charge in [-0.2, -0.15) is 9.39 Å².